The molecule has 0 aromatic carbocycles. The summed E-state index contributed by atoms with van der Waals surface area (Å²) in [6.07, 6.45) is 3.09. The van der Waals surface area contributed by atoms with Crippen LogP contribution in [-0.4, -0.2) is 12.2 Å². The Morgan fingerprint density at radius 3 is 2.62 bits per heavy atom. The summed E-state index contributed by atoms with van der Waals surface area (Å²) in [5.41, 5.74) is 0. The first-order valence-electron chi connectivity index (χ1n) is 2.15. The van der Waals surface area contributed by atoms with E-state index in [-0.39, 0.29) is 5.91 Å². The van der Waals surface area contributed by atoms with Crippen molar-refractivity contribution in [2.45, 2.75) is 6.92 Å². The van der Waals surface area contributed by atoms with Crippen LogP contribution < -0.4 is 5.32 Å². The number of amides is 1. The Morgan fingerprint density at radius 1 is 1.62 bits per heavy atom. The van der Waals surface area contributed by atoms with Crippen molar-refractivity contribution in [3.63, 3.8) is 0 Å². The number of nitrogens with one attached hydrogen (secondary N) is 1. The molecule has 0 atom stereocenters. The predicted molar refractivity (Wildman–Crippen MR) is 29.0 cm³/mol. The van der Waals surface area contributed by atoms with Crippen LogP contribution in [0.5, 0.6) is 0 Å². The average Bonchev–Trinajstić information content (AvgIpc) is 1.66. The zero-order valence-electron chi connectivity index (χ0n) is 4.55. The summed E-state index contributed by atoms with van der Waals surface area (Å²) in [6, 6.07) is 0. The lowest BCUT2D eigenvalue weighted by Gasteiger charge is -1.85. The Hall–Kier alpha value is -1.12. The first kappa shape index (κ1) is 6.88. The van der Waals surface area contributed by atoms with Gasteiger partial charge in [0.1, 0.15) is 6.29 Å². The van der Waals surface area contributed by atoms with E-state index in [0.717, 1.165) is 0 Å². The van der Waals surface area contributed by atoms with Crippen molar-refractivity contribution >= 4 is 12.2 Å². The fourth-order valence-corrected chi connectivity index (χ4v) is 0.205. The molecule has 0 spiro atoms. The molecule has 0 radical (unpaired) electrons. The van der Waals surface area contributed by atoms with Crippen LogP contribution in [-0.2, 0) is 9.59 Å². The van der Waals surface area contributed by atoms with Gasteiger partial charge >= 0.3 is 0 Å². The van der Waals surface area contributed by atoms with Crippen molar-refractivity contribution in [2.24, 2.45) is 0 Å². The average molecular weight is 113 g/mol. The number of aldehydes is 1. The van der Waals surface area contributed by atoms with Gasteiger partial charge in [0.2, 0.25) is 5.91 Å². The van der Waals surface area contributed by atoms with E-state index in [4.69, 9.17) is 0 Å². The molecular weight excluding hydrogens is 106 g/mol. The largest absolute Gasteiger partial charge is 0.333 e. The highest BCUT2D eigenvalue weighted by Gasteiger charge is 1.78. The summed E-state index contributed by atoms with van der Waals surface area (Å²) in [5, 5.41) is 2.30. The van der Waals surface area contributed by atoms with Gasteiger partial charge in [0, 0.05) is 13.1 Å². The standard InChI is InChI=1S/C5H7NO2/c1-5(8)6-3-2-4-7/h2-4H,1H3,(H,6,8)/b3-2+. The lowest BCUT2D eigenvalue weighted by molar-refractivity contribution is -0.118. The molecular formula is C5H7NO2. The summed E-state index contributed by atoms with van der Waals surface area (Å²) < 4.78 is 0. The minimum Gasteiger partial charge on any atom is -0.333 e. The molecule has 0 aliphatic heterocycles. The second-order valence-electron chi connectivity index (χ2n) is 1.20. The first-order valence-corrected chi connectivity index (χ1v) is 2.15. The van der Waals surface area contributed by atoms with Gasteiger partial charge in [-0.3, -0.25) is 9.59 Å². The second-order valence-corrected chi connectivity index (χ2v) is 1.20. The molecule has 0 fully saturated rings. The third-order valence-corrected chi connectivity index (χ3v) is 0.461. The van der Waals surface area contributed by atoms with E-state index in [0.29, 0.717) is 6.29 Å². The number of hydrogen-bond acceptors (Lipinski definition) is 2. The first-order chi connectivity index (χ1) is 3.77. The maximum atomic E-state index is 10.0. The zero-order valence-corrected chi connectivity index (χ0v) is 4.55. The monoisotopic (exact) mass is 113 g/mol. The minimum atomic E-state index is -0.178. The predicted octanol–water partition coefficient (Wildman–Crippen LogP) is -0.165. The van der Waals surface area contributed by atoms with E-state index in [2.05, 4.69) is 5.32 Å². The molecule has 3 heteroatoms. The molecule has 3 nitrogen and oxygen atoms in total. The van der Waals surface area contributed by atoms with Crippen molar-refractivity contribution in [1.29, 1.82) is 0 Å². The van der Waals surface area contributed by atoms with Gasteiger partial charge in [-0.25, -0.2) is 0 Å². The van der Waals surface area contributed by atoms with Crippen molar-refractivity contribution < 1.29 is 9.59 Å². The van der Waals surface area contributed by atoms with Crippen LogP contribution in [0.3, 0.4) is 0 Å². The van der Waals surface area contributed by atoms with E-state index >= 15 is 0 Å². The van der Waals surface area contributed by atoms with Crippen LogP contribution in [0, 0.1) is 0 Å². The minimum absolute atomic E-state index is 0.178. The van der Waals surface area contributed by atoms with E-state index in [1.165, 1.54) is 19.2 Å². The molecule has 0 rings (SSSR count). The summed E-state index contributed by atoms with van der Waals surface area (Å²) in [4.78, 5) is 19.6. The molecule has 0 bridgehead atoms. The van der Waals surface area contributed by atoms with E-state index in [1.807, 2.05) is 0 Å². The maximum Gasteiger partial charge on any atom is 0.220 e. The summed E-state index contributed by atoms with van der Waals surface area (Å²) in [6.45, 7) is 1.37. The second kappa shape index (κ2) is 4.05. The molecule has 0 saturated carbocycles. The SMILES string of the molecule is CC(=O)N/C=C/C=O. The molecule has 44 valence electrons. The zero-order chi connectivity index (χ0) is 6.41. The van der Waals surface area contributed by atoms with Crippen LogP contribution in [0.2, 0.25) is 0 Å². The summed E-state index contributed by atoms with van der Waals surface area (Å²) in [5.74, 6) is -0.178. The van der Waals surface area contributed by atoms with Crippen molar-refractivity contribution in [3.8, 4) is 0 Å². The van der Waals surface area contributed by atoms with Gasteiger partial charge in [-0.2, -0.15) is 0 Å². The van der Waals surface area contributed by atoms with Gasteiger partial charge in [-0.15, -0.1) is 0 Å². The smallest absolute Gasteiger partial charge is 0.220 e. The maximum absolute atomic E-state index is 10.0. The van der Waals surface area contributed by atoms with Crippen molar-refractivity contribution in [2.75, 3.05) is 0 Å². The molecule has 0 unspecified atom stereocenters. The van der Waals surface area contributed by atoms with Gasteiger partial charge in [0.05, 0.1) is 0 Å². The highest BCUT2D eigenvalue weighted by molar-refractivity contribution is 5.75. The quantitative estimate of drug-likeness (QED) is 0.399. The Kier molecular flexibility index (Phi) is 3.48. The molecule has 0 aliphatic carbocycles. The van der Waals surface area contributed by atoms with E-state index in [9.17, 15) is 9.59 Å². The molecule has 0 aliphatic rings. The molecule has 0 aromatic heterocycles. The molecule has 8 heavy (non-hydrogen) atoms. The van der Waals surface area contributed by atoms with Crippen molar-refractivity contribution in [1.82, 2.24) is 5.32 Å². The van der Waals surface area contributed by atoms with Gasteiger partial charge < -0.3 is 5.32 Å². The lowest BCUT2D eigenvalue weighted by Crippen LogP contribution is -2.11. The molecule has 0 aromatic rings. The topological polar surface area (TPSA) is 46.2 Å². The van der Waals surface area contributed by atoms with Gasteiger partial charge in [-0.1, -0.05) is 0 Å². The highest BCUT2D eigenvalue weighted by atomic mass is 16.1. The lowest BCUT2D eigenvalue weighted by atomic mass is 10.6. The molecule has 0 saturated heterocycles. The molecule has 1 N–H and O–H groups in total. The third-order valence-electron chi connectivity index (χ3n) is 0.461. The third kappa shape index (κ3) is 4.88. The van der Waals surface area contributed by atoms with Crippen LogP contribution >= 0.6 is 0 Å². The number of rotatable bonds is 2. The van der Waals surface area contributed by atoms with Gasteiger partial charge in [0.15, 0.2) is 0 Å². The Labute approximate surface area is 47.4 Å². The Balaban J connectivity index is 3.29. The Morgan fingerprint density at radius 2 is 2.25 bits per heavy atom. The highest BCUT2D eigenvalue weighted by Crippen LogP contribution is 1.60. The summed E-state index contributed by atoms with van der Waals surface area (Å²) >= 11 is 0. The number of carbonyl (C=O) groups excluding carboxylic acids is 2. The normalized spacial score (nSPS) is 9.12. The van der Waals surface area contributed by atoms with Crippen LogP contribution in [0.25, 0.3) is 0 Å². The van der Waals surface area contributed by atoms with Crippen molar-refractivity contribution in [3.05, 3.63) is 12.3 Å². The van der Waals surface area contributed by atoms with Gasteiger partial charge in [-0.05, 0) is 6.08 Å². The number of allylic oxidation sites excluding steroid dienone is 1. The van der Waals surface area contributed by atoms with Crippen LogP contribution in [0.1, 0.15) is 6.92 Å². The number of hydrogen-bond donors (Lipinski definition) is 1. The molecule has 0 heterocycles. The fraction of sp³-hybridized carbons (Fsp3) is 0.200. The summed E-state index contributed by atoms with van der Waals surface area (Å²) in [7, 11) is 0. The number of carbonyl (C=O) groups is 2. The van der Waals surface area contributed by atoms with E-state index in [1.54, 1.807) is 0 Å². The Bertz CT molecular complexity index is 118. The molecule has 1 amide bonds. The van der Waals surface area contributed by atoms with Crippen LogP contribution in [0.15, 0.2) is 12.3 Å². The van der Waals surface area contributed by atoms with Gasteiger partial charge in [0.25, 0.3) is 0 Å². The van der Waals surface area contributed by atoms with Crippen LogP contribution in [0.4, 0.5) is 0 Å². The van der Waals surface area contributed by atoms with E-state index < -0.39 is 0 Å². The fourth-order valence-electron chi connectivity index (χ4n) is 0.205.